The van der Waals surface area contributed by atoms with Crippen LogP contribution < -0.4 is 4.90 Å². The summed E-state index contributed by atoms with van der Waals surface area (Å²) in [5.41, 5.74) is 1.72. The normalized spacial score (nSPS) is 19.9. The molecule has 98 valence electrons. The quantitative estimate of drug-likeness (QED) is 0.865. The van der Waals surface area contributed by atoms with Gasteiger partial charge in [-0.3, -0.25) is 4.79 Å². The molecule has 1 aromatic rings. The first-order valence-corrected chi connectivity index (χ1v) is 6.69. The second kappa shape index (κ2) is 5.82. The number of hydrogen-bond donors (Lipinski definition) is 1. The fourth-order valence-electron chi connectivity index (χ4n) is 2.05. The van der Waals surface area contributed by atoms with Gasteiger partial charge < -0.3 is 14.7 Å². The van der Waals surface area contributed by atoms with E-state index >= 15 is 0 Å². The first kappa shape index (κ1) is 13.5. The van der Waals surface area contributed by atoms with Gasteiger partial charge in [-0.05, 0) is 41.1 Å². The Bertz CT molecular complexity index is 450. The Labute approximate surface area is 115 Å². The molecule has 0 spiro atoms. The van der Waals surface area contributed by atoms with Gasteiger partial charge in [-0.2, -0.15) is 0 Å². The molecule has 0 saturated carbocycles. The van der Waals surface area contributed by atoms with Crippen LogP contribution in [0, 0.1) is 0 Å². The Morgan fingerprint density at radius 3 is 3.00 bits per heavy atom. The molecule has 1 fully saturated rings. The Morgan fingerprint density at radius 2 is 2.39 bits per heavy atom. The van der Waals surface area contributed by atoms with Crippen LogP contribution in [0.5, 0.6) is 0 Å². The SMILES string of the molecule is CC(=O)c1ccc(N2CCOC(CO)C2)cc1Br. The summed E-state index contributed by atoms with van der Waals surface area (Å²) in [6.07, 6.45) is -0.134. The number of hydrogen-bond acceptors (Lipinski definition) is 4. The number of nitrogens with zero attached hydrogens (tertiary/aromatic N) is 1. The fourth-order valence-corrected chi connectivity index (χ4v) is 2.70. The molecule has 1 heterocycles. The van der Waals surface area contributed by atoms with Crippen molar-refractivity contribution < 1.29 is 14.6 Å². The van der Waals surface area contributed by atoms with Gasteiger partial charge in [0.25, 0.3) is 0 Å². The van der Waals surface area contributed by atoms with E-state index in [1.807, 2.05) is 18.2 Å². The molecule has 1 saturated heterocycles. The molecule has 0 radical (unpaired) electrons. The number of aliphatic hydroxyl groups is 1. The minimum Gasteiger partial charge on any atom is -0.394 e. The maximum Gasteiger partial charge on any atom is 0.160 e. The third-order valence-corrected chi connectivity index (χ3v) is 3.70. The first-order chi connectivity index (χ1) is 8.61. The zero-order valence-electron chi connectivity index (χ0n) is 10.2. The van der Waals surface area contributed by atoms with Crippen molar-refractivity contribution in [3.05, 3.63) is 28.2 Å². The molecule has 0 amide bonds. The Kier molecular flexibility index (Phi) is 4.37. The average molecular weight is 314 g/mol. The molecule has 4 nitrogen and oxygen atoms in total. The predicted molar refractivity (Wildman–Crippen MR) is 73.2 cm³/mol. The smallest absolute Gasteiger partial charge is 0.160 e. The van der Waals surface area contributed by atoms with E-state index < -0.39 is 0 Å². The minimum absolute atomic E-state index is 0.0310. The van der Waals surface area contributed by atoms with Crippen molar-refractivity contribution in [1.82, 2.24) is 0 Å². The second-order valence-corrected chi connectivity index (χ2v) is 5.20. The van der Waals surface area contributed by atoms with Gasteiger partial charge in [0.1, 0.15) is 0 Å². The molecule has 18 heavy (non-hydrogen) atoms. The van der Waals surface area contributed by atoms with E-state index in [4.69, 9.17) is 9.84 Å². The summed E-state index contributed by atoms with van der Waals surface area (Å²) in [5.74, 6) is 0.0450. The number of carbonyl (C=O) groups excluding carboxylic acids is 1. The van der Waals surface area contributed by atoms with E-state index in [0.717, 1.165) is 16.7 Å². The van der Waals surface area contributed by atoms with Crippen LogP contribution in [0.1, 0.15) is 17.3 Å². The number of benzene rings is 1. The number of halogens is 1. The molecule has 1 aliphatic rings. The van der Waals surface area contributed by atoms with Crippen LogP contribution in [0.15, 0.2) is 22.7 Å². The van der Waals surface area contributed by atoms with Crippen LogP contribution in [-0.4, -0.2) is 43.3 Å². The van der Waals surface area contributed by atoms with Crippen molar-refractivity contribution in [2.24, 2.45) is 0 Å². The van der Waals surface area contributed by atoms with Gasteiger partial charge >= 0.3 is 0 Å². The van der Waals surface area contributed by atoms with Gasteiger partial charge in [-0.1, -0.05) is 0 Å². The Morgan fingerprint density at radius 1 is 1.61 bits per heavy atom. The van der Waals surface area contributed by atoms with Crippen LogP contribution in [0.4, 0.5) is 5.69 Å². The van der Waals surface area contributed by atoms with Crippen molar-refractivity contribution in [2.45, 2.75) is 13.0 Å². The fraction of sp³-hybridized carbons (Fsp3) is 0.462. The molecule has 0 bridgehead atoms. The molecule has 1 N–H and O–H groups in total. The molecule has 1 atom stereocenters. The summed E-state index contributed by atoms with van der Waals surface area (Å²) in [5, 5.41) is 9.12. The van der Waals surface area contributed by atoms with Gasteiger partial charge in [-0.25, -0.2) is 0 Å². The molecular weight excluding hydrogens is 298 g/mol. The summed E-state index contributed by atoms with van der Waals surface area (Å²) < 4.78 is 6.22. The molecule has 1 aliphatic heterocycles. The number of Topliss-reactive ketones (excluding diaryl/α,β-unsaturated/α-hetero) is 1. The number of aliphatic hydroxyl groups excluding tert-OH is 1. The third-order valence-electron chi connectivity index (χ3n) is 3.04. The van der Waals surface area contributed by atoms with E-state index in [-0.39, 0.29) is 18.5 Å². The second-order valence-electron chi connectivity index (χ2n) is 4.34. The highest BCUT2D eigenvalue weighted by molar-refractivity contribution is 9.10. The lowest BCUT2D eigenvalue weighted by molar-refractivity contribution is 0.00356. The van der Waals surface area contributed by atoms with Crippen LogP contribution in [-0.2, 0) is 4.74 Å². The number of ketones is 1. The largest absolute Gasteiger partial charge is 0.394 e. The van der Waals surface area contributed by atoms with Gasteiger partial charge in [0.2, 0.25) is 0 Å². The van der Waals surface area contributed by atoms with Crippen molar-refractivity contribution in [2.75, 3.05) is 31.2 Å². The van der Waals surface area contributed by atoms with Gasteiger partial charge in [0.15, 0.2) is 5.78 Å². The van der Waals surface area contributed by atoms with Gasteiger partial charge in [0, 0.05) is 28.8 Å². The van der Waals surface area contributed by atoms with E-state index in [0.29, 0.717) is 18.7 Å². The number of ether oxygens (including phenoxy) is 1. The molecule has 2 rings (SSSR count). The summed E-state index contributed by atoms with van der Waals surface area (Å²) in [4.78, 5) is 13.5. The van der Waals surface area contributed by atoms with Gasteiger partial charge in [0.05, 0.1) is 19.3 Å². The van der Waals surface area contributed by atoms with Crippen LogP contribution in [0.25, 0.3) is 0 Å². The summed E-state index contributed by atoms with van der Waals surface area (Å²) in [7, 11) is 0. The average Bonchev–Trinajstić information content (AvgIpc) is 2.38. The monoisotopic (exact) mass is 313 g/mol. The van der Waals surface area contributed by atoms with E-state index in [1.165, 1.54) is 0 Å². The molecule has 1 aromatic carbocycles. The zero-order chi connectivity index (χ0) is 13.1. The summed E-state index contributed by atoms with van der Waals surface area (Å²) in [6, 6.07) is 5.70. The molecular formula is C13H16BrNO3. The van der Waals surface area contributed by atoms with Crippen molar-refractivity contribution in [1.29, 1.82) is 0 Å². The molecule has 0 aromatic heterocycles. The summed E-state index contributed by atoms with van der Waals surface area (Å²) >= 11 is 3.42. The van der Waals surface area contributed by atoms with Crippen molar-refractivity contribution in [3.8, 4) is 0 Å². The molecule has 5 heteroatoms. The highest BCUT2D eigenvalue weighted by Gasteiger charge is 2.20. The number of morpholine rings is 1. The Balaban J connectivity index is 2.18. The van der Waals surface area contributed by atoms with Crippen molar-refractivity contribution in [3.63, 3.8) is 0 Å². The molecule has 1 unspecified atom stereocenters. The lowest BCUT2D eigenvalue weighted by Gasteiger charge is -2.33. The topological polar surface area (TPSA) is 49.8 Å². The minimum atomic E-state index is -0.134. The van der Waals surface area contributed by atoms with Crippen molar-refractivity contribution >= 4 is 27.4 Å². The van der Waals surface area contributed by atoms with Gasteiger partial charge in [-0.15, -0.1) is 0 Å². The van der Waals surface area contributed by atoms with E-state index in [2.05, 4.69) is 20.8 Å². The highest BCUT2D eigenvalue weighted by atomic mass is 79.9. The van der Waals surface area contributed by atoms with Crippen LogP contribution in [0.2, 0.25) is 0 Å². The molecule has 0 aliphatic carbocycles. The van der Waals surface area contributed by atoms with Crippen LogP contribution >= 0.6 is 15.9 Å². The standard InChI is InChI=1S/C13H16BrNO3/c1-9(17)12-3-2-10(6-13(12)14)15-4-5-18-11(7-15)8-16/h2-3,6,11,16H,4-5,7-8H2,1H3. The lowest BCUT2D eigenvalue weighted by Crippen LogP contribution is -2.44. The van der Waals surface area contributed by atoms with E-state index in [1.54, 1.807) is 6.92 Å². The maximum absolute atomic E-state index is 11.4. The summed E-state index contributed by atoms with van der Waals surface area (Å²) in [6.45, 7) is 3.65. The number of anilines is 1. The highest BCUT2D eigenvalue weighted by Crippen LogP contribution is 2.25. The maximum atomic E-state index is 11.4. The lowest BCUT2D eigenvalue weighted by atomic mass is 10.1. The zero-order valence-corrected chi connectivity index (χ0v) is 11.8. The first-order valence-electron chi connectivity index (χ1n) is 5.89. The Hall–Kier alpha value is -0.910. The third kappa shape index (κ3) is 2.91. The number of rotatable bonds is 3. The predicted octanol–water partition coefficient (Wildman–Crippen LogP) is 1.85. The van der Waals surface area contributed by atoms with Crippen LogP contribution in [0.3, 0.4) is 0 Å². The number of carbonyl (C=O) groups is 1. The van der Waals surface area contributed by atoms with E-state index in [9.17, 15) is 4.79 Å².